The Hall–Kier alpha value is -2.88. The standard InChI is InChI=1S/C22H23N3O10S.Na.H/c26-13-16-10-15(6-9-18(16)25(30)31)12-23-17-7-4-14(5-8-17)2-1-3-21(28)35-24-20(27)11-19(22(24)29)36(32,33)34;;/h4-10,19,23,26H,1-3,11-13H2,(H,32,33,34);;/q;+1;-1. The molecule has 1 fully saturated rings. The van der Waals surface area contributed by atoms with E-state index in [1.54, 1.807) is 12.1 Å². The van der Waals surface area contributed by atoms with Gasteiger partial charge in [0.1, 0.15) is 0 Å². The largest absolute Gasteiger partial charge is 1.00 e. The molecule has 13 nitrogen and oxygen atoms in total. The van der Waals surface area contributed by atoms with Crippen LogP contribution in [0.3, 0.4) is 0 Å². The van der Waals surface area contributed by atoms with Crippen LogP contribution in [-0.4, -0.2) is 51.1 Å². The van der Waals surface area contributed by atoms with Crippen LogP contribution in [0.15, 0.2) is 42.5 Å². The Bertz CT molecular complexity index is 1290. The number of nitrogens with zero attached hydrogens (tertiary/aromatic N) is 2. The van der Waals surface area contributed by atoms with Crippen molar-refractivity contribution >= 4 is 39.3 Å². The van der Waals surface area contributed by atoms with Gasteiger partial charge in [-0.2, -0.15) is 8.42 Å². The summed E-state index contributed by atoms with van der Waals surface area (Å²) in [6.07, 6.45) is -0.123. The van der Waals surface area contributed by atoms with Gasteiger partial charge in [0.05, 0.1) is 23.5 Å². The summed E-state index contributed by atoms with van der Waals surface area (Å²) in [4.78, 5) is 50.7. The van der Waals surface area contributed by atoms with Crippen molar-refractivity contribution in [1.29, 1.82) is 0 Å². The zero-order valence-corrected chi connectivity index (χ0v) is 22.6. The second kappa shape index (κ2) is 13.1. The molecule has 1 saturated heterocycles. The van der Waals surface area contributed by atoms with Gasteiger partial charge in [-0.3, -0.25) is 24.3 Å². The van der Waals surface area contributed by atoms with E-state index in [4.69, 9.17) is 4.55 Å². The average Bonchev–Trinajstić information content (AvgIpc) is 3.12. The molecule has 1 aliphatic rings. The number of aryl methyl sites for hydroxylation is 1. The molecule has 0 radical (unpaired) electrons. The van der Waals surface area contributed by atoms with Crippen molar-refractivity contribution in [2.24, 2.45) is 0 Å². The van der Waals surface area contributed by atoms with Crippen LogP contribution in [0.2, 0.25) is 0 Å². The number of aliphatic hydroxyl groups excluding tert-OH is 1. The van der Waals surface area contributed by atoms with Gasteiger partial charge in [0.2, 0.25) is 0 Å². The molecule has 15 heteroatoms. The fraction of sp³-hybridized carbons (Fsp3) is 0.318. The Morgan fingerprint density at radius 3 is 2.41 bits per heavy atom. The van der Waals surface area contributed by atoms with Crippen LogP contribution < -0.4 is 34.9 Å². The molecule has 1 aliphatic heterocycles. The van der Waals surface area contributed by atoms with Crippen LogP contribution in [0.4, 0.5) is 11.4 Å². The number of rotatable bonds is 11. The van der Waals surface area contributed by atoms with Crippen molar-refractivity contribution in [3.63, 3.8) is 0 Å². The molecule has 0 bridgehead atoms. The number of carbonyl (C=O) groups excluding carboxylic acids is 3. The van der Waals surface area contributed by atoms with Gasteiger partial charge in [-0.1, -0.05) is 18.2 Å². The summed E-state index contributed by atoms with van der Waals surface area (Å²) in [5.74, 6) is -3.23. The Morgan fingerprint density at radius 2 is 1.84 bits per heavy atom. The Labute approximate surface area is 235 Å². The molecule has 3 rings (SSSR count). The summed E-state index contributed by atoms with van der Waals surface area (Å²) in [5, 5.41) is 21.6. The van der Waals surface area contributed by atoms with Gasteiger partial charge >= 0.3 is 35.5 Å². The van der Waals surface area contributed by atoms with E-state index in [0.29, 0.717) is 19.4 Å². The van der Waals surface area contributed by atoms with E-state index in [0.717, 1.165) is 16.8 Å². The Balaban J connectivity index is 0.00000361. The van der Waals surface area contributed by atoms with E-state index in [1.807, 2.05) is 24.3 Å². The molecule has 1 unspecified atom stereocenters. The van der Waals surface area contributed by atoms with Gasteiger partial charge in [-0.25, -0.2) is 4.79 Å². The van der Waals surface area contributed by atoms with Gasteiger partial charge in [0, 0.05) is 24.7 Å². The fourth-order valence-corrected chi connectivity index (χ4v) is 4.25. The van der Waals surface area contributed by atoms with Crippen LogP contribution in [0.1, 0.15) is 37.4 Å². The van der Waals surface area contributed by atoms with Crippen molar-refractivity contribution in [1.82, 2.24) is 5.06 Å². The van der Waals surface area contributed by atoms with Crippen LogP contribution >= 0.6 is 0 Å². The van der Waals surface area contributed by atoms with E-state index in [9.17, 15) is 38.0 Å². The SMILES string of the molecule is O=C(CCCc1ccc(NCc2ccc([N+](=O)[O-])c(CO)c2)cc1)ON1C(=O)CC(S(=O)(=O)O)C1=O.[H-].[Na+]. The molecule has 2 amide bonds. The zero-order chi connectivity index (χ0) is 26.5. The summed E-state index contributed by atoms with van der Waals surface area (Å²) >= 11 is 0. The van der Waals surface area contributed by atoms with Gasteiger partial charge in [0.15, 0.2) is 5.25 Å². The molecule has 194 valence electrons. The van der Waals surface area contributed by atoms with Crippen molar-refractivity contribution in [2.75, 3.05) is 5.32 Å². The minimum absolute atomic E-state index is 0. The first-order valence-corrected chi connectivity index (χ1v) is 12.2. The number of imide groups is 1. The molecule has 0 aromatic heterocycles. The number of carbonyl (C=O) groups is 3. The third-order valence-electron chi connectivity index (χ3n) is 5.42. The summed E-state index contributed by atoms with van der Waals surface area (Å²) in [7, 11) is -4.78. The minimum Gasteiger partial charge on any atom is -1.00 e. The third-order valence-corrected chi connectivity index (χ3v) is 6.51. The van der Waals surface area contributed by atoms with Crippen LogP contribution in [-0.2, 0) is 48.9 Å². The second-order valence-corrected chi connectivity index (χ2v) is 9.58. The van der Waals surface area contributed by atoms with E-state index >= 15 is 0 Å². The number of amides is 2. The van der Waals surface area contributed by atoms with Gasteiger partial charge < -0.3 is 16.7 Å². The van der Waals surface area contributed by atoms with Crippen LogP contribution in [0, 0.1) is 10.1 Å². The maximum absolute atomic E-state index is 12.0. The minimum atomic E-state index is -4.78. The van der Waals surface area contributed by atoms with Crippen LogP contribution in [0.5, 0.6) is 0 Å². The first-order valence-electron chi connectivity index (χ1n) is 10.7. The normalized spacial score (nSPS) is 15.3. The molecule has 1 atom stereocenters. The number of hydrogen-bond acceptors (Lipinski definition) is 10. The predicted octanol–water partition coefficient (Wildman–Crippen LogP) is -1.39. The van der Waals surface area contributed by atoms with Gasteiger partial charge in [-0.15, -0.1) is 5.06 Å². The third kappa shape index (κ3) is 8.05. The van der Waals surface area contributed by atoms with Gasteiger partial charge in [0.25, 0.3) is 27.6 Å². The first-order chi connectivity index (χ1) is 17.0. The number of aliphatic hydroxyl groups is 1. The number of nitro benzene ring substituents is 1. The smallest absolute Gasteiger partial charge is 1.00 e. The molecule has 0 saturated carbocycles. The molecule has 2 aromatic rings. The molecular formula is C22H24N3NaO10S. The Kier molecular flexibility index (Phi) is 10.7. The van der Waals surface area contributed by atoms with E-state index < -0.39 is 51.1 Å². The second-order valence-electron chi connectivity index (χ2n) is 7.98. The predicted molar refractivity (Wildman–Crippen MR) is 125 cm³/mol. The van der Waals surface area contributed by atoms with E-state index in [-0.39, 0.29) is 53.7 Å². The number of nitrogens with one attached hydrogen (secondary N) is 1. The van der Waals surface area contributed by atoms with Gasteiger partial charge in [-0.05, 0) is 42.2 Å². The maximum Gasteiger partial charge on any atom is 1.00 e. The summed E-state index contributed by atoms with van der Waals surface area (Å²) in [5.41, 5.74) is 2.51. The molecule has 1 heterocycles. The van der Waals surface area contributed by atoms with Crippen molar-refractivity contribution in [3.8, 4) is 0 Å². The molecule has 37 heavy (non-hydrogen) atoms. The fourth-order valence-electron chi connectivity index (χ4n) is 3.54. The molecule has 2 aromatic carbocycles. The topological polar surface area (TPSA) is 193 Å². The number of hydrogen-bond donors (Lipinski definition) is 3. The monoisotopic (exact) mass is 545 g/mol. The number of benzene rings is 2. The molecule has 0 aliphatic carbocycles. The van der Waals surface area contributed by atoms with Crippen molar-refractivity contribution in [3.05, 3.63) is 69.3 Å². The first kappa shape index (κ1) is 30.3. The van der Waals surface area contributed by atoms with E-state index in [2.05, 4.69) is 10.2 Å². The molecular weight excluding hydrogens is 521 g/mol. The summed E-state index contributed by atoms with van der Waals surface area (Å²) < 4.78 is 31.2. The maximum atomic E-state index is 12.0. The molecule has 0 spiro atoms. The zero-order valence-electron chi connectivity index (χ0n) is 20.8. The Morgan fingerprint density at radius 1 is 1.19 bits per heavy atom. The number of nitro groups is 1. The summed E-state index contributed by atoms with van der Waals surface area (Å²) in [6, 6.07) is 11.8. The van der Waals surface area contributed by atoms with Crippen molar-refractivity contribution in [2.45, 2.75) is 44.1 Å². The van der Waals surface area contributed by atoms with Crippen molar-refractivity contribution < 1.29 is 73.2 Å². The van der Waals surface area contributed by atoms with E-state index in [1.165, 1.54) is 6.07 Å². The number of hydroxylamine groups is 2. The number of anilines is 1. The van der Waals surface area contributed by atoms with Crippen LogP contribution in [0.25, 0.3) is 0 Å². The summed E-state index contributed by atoms with van der Waals surface area (Å²) in [6.45, 7) is -0.0648. The average molecular weight is 546 g/mol. The quantitative estimate of drug-likeness (QED) is 0.0990. The molecule has 3 N–H and O–H groups in total.